The van der Waals surface area contributed by atoms with E-state index in [1.54, 1.807) is 6.07 Å². The van der Waals surface area contributed by atoms with Crippen molar-refractivity contribution in [3.05, 3.63) is 26.6 Å². The van der Waals surface area contributed by atoms with Crippen LogP contribution in [0, 0.1) is 12.8 Å². The summed E-state index contributed by atoms with van der Waals surface area (Å²) in [6.45, 7) is 1.59. The molecule has 0 bridgehead atoms. The summed E-state index contributed by atoms with van der Waals surface area (Å²) in [7, 11) is -3.85. The van der Waals surface area contributed by atoms with E-state index in [1.165, 1.54) is 6.07 Å². The van der Waals surface area contributed by atoms with E-state index in [4.69, 9.17) is 5.11 Å². The Balaban J connectivity index is 2.41. The smallest absolute Gasteiger partial charge is 0.318 e. The molecule has 0 radical (unpaired) electrons. The standard InChI is InChI=1S/C13H15Br2NO4S/c1-8-4-11(15)12(5-10(8)14)21(19,20)16(7-13(17)18)6-9-2-3-9/h4-5,9H,2-3,6-7H2,1H3,(H,17,18). The van der Waals surface area contributed by atoms with Crippen LogP contribution in [0.5, 0.6) is 0 Å². The first kappa shape index (κ1) is 16.9. The molecule has 8 heteroatoms. The highest BCUT2D eigenvalue weighted by atomic mass is 79.9. The summed E-state index contributed by atoms with van der Waals surface area (Å²) in [5.41, 5.74) is 0.896. The Morgan fingerprint density at radius 2 is 1.95 bits per heavy atom. The van der Waals surface area contributed by atoms with E-state index < -0.39 is 22.5 Å². The van der Waals surface area contributed by atoms with E-state index in [1.807, 2.05) is 6.92 Å². The van der Waals surface area contributed by atoms with E-state index in [0.717, 1.165) is 22.7 Å². The monoisotopic (exact) mass is 439 g/mol. The number of aliphatic carboxylic acids is 1. The van der Waals surface area contributed by atoms with Gasteiger partial charge in [0.15, 0.2) is 0 Å². The minimum atomic E-state index is -3.85. The van der Waals surface area contributed by atoms with Gasteiger partial charge in [-0.3, -0.25) is 4.79 Å². The van der Waals surface area contributed by atoms with Gasteiger partial charge in [0.25, 0.3) is 0 Å². The third-order valence-electron chi connectivity index (χ3n) is 3.30. The van der Waals surface area contributed by atoms with E-state index in [2.05, 4.69) is 31.9 Å². The number of hydrogen-bond donors (Lipinski definition) is 1. The molecule has 1 N–H and O–H groups in total. The molecular formula is C13H15Br2NO4S. The number of sulfonamides is 1. The van der Waals surface area contributed by atoms with Crippen LogP contribution < -0.4 is 0 Å². The van der Waals surface area contributed by atoms with Gasteiger partial charge in [0, 0.05) is 15.5 Å². The van der Waals surface area contributed by atoms with Crippen molar-refractivity contribution in [3.63, 3.8) is 0 Å². The van der Waals surface area contributed by atoms with Crippen molar-refractivity contribution < 1.29 is 18.3 Å². The number of rotatable bonds is 6. The number of benzene rings is 1. The summed E-state index contributed by atoms with van der Waals surface area (Å²) in [6.07, 6.45) is 1.90. The van der Waals surface area contributed by atoms with Gasteiger partial charge >= 0.3 is 5.97 Å². The molecule has 5 nitrogen and oxygen atoms in total. The van der Waals surface area contributed by atoms with Gasteiger partial charge < -0.3 is 5.11 Å². The van der Waals surface area contributed by atoms with Crippen molar-refractivity contribution in [3.8, 4) is 0 Å². The van der Waals surface area contributed by atoms with Gasteiger partial charge in [-0.05, 0) is 59.3 Å². The highest BCUT2D eigenvalue weighted by molar-refractivity contribution is 9.11. The molecule has 21 heavy (non-hydrogen) atoms. The second-order valence-electron chi connectivity index (χ2n) is 5.17. The van der Waals surface area contributed by atoms with Crippen molar-refractivity contribution in [1.29, 1.82) is 0 Å². The molecule has 1 aromatic rings. The average molecular weight is 441 g/mol. The van der Waals surface area contributed by atoms with E-state index in [0.29, 0.717) is 8.95 Å². The molecule has 0 unspecified atom stereocenters. The molecule has 0 spiro atoms. The van der Waals surface area contributed by atoms with Gasteiger partial charge in [-0.15, -0.1) is 0 Å². The Bertz CT molecular complexity index is 671. The molecule has 0 heterocycles. The van der Waals surface area contributed by atoms with Crippen LogP contribution in [0.3, 0.4) is 0 Å². The molecule has 116 valence electrons. The molecule has 1 aliphatic rings. The zero-order valence-corrected chi connectivity index (χ0v) is 15.3. The fourth-order valence-corrected chi connectivity index (χ4v) is 5.06. The first-order valence-electron chi connectivity index (χ1n) is 6.39. The van der Waals surface area contributed by atoms with Crippen LogP contribution in [-0.2, 0) is 14.8 Å². The molecule has 1 fully saturated rings. The Hall–Kier alpha value is -0.440. The lowest BCUT2D eigenvalue weighted by atomic mass is 10.2. The number of carbonyl (C=O) groups is 1. The van der Waals surface area contributed by atoms with Crippen molar-refractivity contribution in [2.75, 3.05) is 13.1 Å². The van der Waals surface area contributed by atoms with Crippen LogP contribution in [0.15, 0.2) is 26.0 Å². The van der Waals surface area contributed by atoms with Crippen molar-refractivity contribution in [1.82, 2.24) is 4.31 Å². The molecule has 0 atom stereocenters. The number of aryl methyl sites for hydroxylation is 1. The predicted molar refractivity (Wildman–Crippen MR) is 85.7 cm³/mol. The molecule has 0 aromatic heterocycles. The Labute approximate surface area is 140 Å². The van der Waals surface area contributed by atoms with E-state index in [-0.39, 0.29) is 17.4 Å². The molecule has 0 amide bonds. The maximum Gasteiger partial charge on any atom is 0.318 e. The number of nitrogens with zero attached hydrogens (tertiary/aromatic N) is 1. The summed E-state index contributed by atoms with van der Waals surface area (Å²) < 4.78 is 27.6. The average Bonchev–Trinajstić information content (AvgIpc) is 3.16. The van der Waals surface area contributed by atoms with Crippen LogP contribution in [0.2, 0.25) is 0 Å². The SMILES string of the molecule is Cc1cc(Br)c(S(=O)(=O)N(CC(=O)O)CC2CC2)cc1Br. The molecule has 0 aliphatic heterocycles. The topological polar surface area (TPSA) is 74.7 Å². The molecule has 0 saturated heterocycles. The second kappa shape index (κ2) is 6.36. The lowest BCUT2D eigenvalue weighted by Crippen LogP contribution is -2.37. The Kier molecular flexibility index (Phi) is 5.12. The number of carboxylic acids is 1. The number of halogens is 2. The quantitative estimate of drug-likeness (QED) is 0.737. The molecule has 1 aliphatic carbocycles. The van der Waals surface area contributed by atoms with E-state index >= 15 is 0 Å². The third kappa shape index (κ3) is 4.06. The van der Waals surface area contributed by atoms with Gasteiger partial charge in [-0.2, -0.15) is 4.31 Å². The maximum absolute atomic E-state index is 12.7. The first-order chi connectivity index (χ1) is 9.71. The van der Waals surface area contributed by atoms with Gasteiger partial charge in [0.1, 0.15) is 6.54 Å². The largest absolute Gasteiger partial charge is 0.480 e. The normalized spacial score (nSPS) is 15.4. The highest BCUT2D eigenvalue weighted by Crippen LogP contribution is 2.34. The fraction of sp³-hybridized carbons (Fsp3) is 0.462. The van der Waals surface area contributed by atoms with Gasteiger partial charge in [0.2, 0.25) is 10.0 Å². The zero-order valence-electron chi connectivity index (χ0n) is 11.3. The Morgan fingerprint density at radius 3 is 2.48 bits per heavy atom. The minimum absolute atomic E-state index is 0.0851. The van der Waals surface area contributed by atoms with Crippen LogP contribution >= 0.6 is 31.9 Å². The summed E-state index contributed by atoms with van der Waals surface area (Å²) in [5, 5.41) is 8.97. The van der Waals surface area contributed by atoms with Crippen molar-refractivity contribution >= 4 is 47.9 Å². The number of hydrogen-bond acceptors (Lipinski definition) is 3. The lowest BCUT2D eigenvalue weighted by Gasteiger charge is -2.21. The molecule has 1 saturated carbocycles. The third-order valence-corrected chi connectivity index (χ3v) is 6.93. The van der Waals surface area contributed by atoms with Crippen LogP contribution in [0.25, 0.3) is 0 Å². The van der Waals surface area contributed by atoms with E-state index in [9.17, 15) is 13.2 Å². The predicted octanol–water partition coefficient (Wildman–Crippen LogP) is 3.01. The second-order valence-corrected chi connectivity index (χ2v) is 8.78. The zero-order chi connectivity index (χ0) is 15.8. The summed E-state index contributed by atoms with van der Waals surface area (Å²) in [5.74, 6) is -0.881. The molecule has 1 aromatic carbocycles. The van der Waals surface area contributed by atoms with Crippen LogP contribution in [0.4, 0.5) is 0 Å². The van der Waals surface area contributed by atoms with Crippen LogP contribution in [-0.4, -0.2) is 36.9 Å². The summed E-state index contributed by atoms with van der Waals surface area (Å²) in [6, 6.07) is 3.21. The minimum Gasteiger partial charge on any atom is -0.480 e. The Morgan fingerprint density at radius 1 is 1.33 bits per heavy atom. The maximum atomic E-state index is 12.7. The van der Waals surface area contributed by atoms with Gasteiger partial charge in [0.05, 0.1) is 4.90 Å². The number of carboxylic acid groups (broad SMARTS) is 1. The first-order valence-corrected chi connectivity index (χ1v) is 9.42. The summed E-state index contributed by atoms with van der Waals surface area (Å²) in [4.78, 5) is 11.1. The lowest BCUT2D eigenvalue weighted by molar-refractivity contribution is -0.137. The van der Waals surface area contributed by atoms with Gasteiger partial charge in [-0.1, -0.05) is 15.9 Å². The molecular weight excluding hydrogens is 426 g/mol. The van der Waals surface area contributed by atoms with Crippen molar-refractivity contribution in [2.45, 2.75) is 24.7 Å². The summed E-state index contributed by atoms with van der Waals surface area (Å²) >= 11 is 6.58. The van der Waals surface area contributed by atoms with Crippen molar-refractivity contribution in [2.24, 2.45) is 5.92 Å². The molecule has 2 rings (SSSR count). The van der Waals surface area contributed by atoms with Gasteiger partial charge in [-0.25, -0.2) is 8.42 Å². The fourth-order valence-electron chi connectivity index (χ4n) is 1.95. The van der Waals surface area contributed by atoms with Crippen LogP contribution in [0.1, 0.15) is 18.4 Å². The highest BCUT2D eigenvalue weighted by Gasteiger charge is 2.34.